The van der Waals surface area contributed by atoms with E-state index in [1.807, 2.05) is 19.2 Å². The molecule has 0 radical (unpaired) electrons. The van der Waals surface area contributed by atoms with Crippen LogP contribution in [0, 0.1) is 0 Å². The Balaban J connectivity index is 1.82. The molecule has 21 heavy (non-hydrogen) atoms. The second-order valence-corrected chi connectivity index (χ2v) is 5.79. The summed E-state index contributed by atoms with van der Waals surface area (Å²) in [6, 6.07) is 8.26. The van der Waals surface area contributed by atoms with Gasteiger partial charge in [-0.1, -0.05) is 25.0 Å². The molecule has 1 saturated heterocycles. The molecule has 4 heteroatoms. The molecule has 1 aromatic rings. The Hall–Kier alpha value is -1.39. The number of carbonyl (C=O) groups is 1. The van der Waals surface area contributed by atoms with Crippen molar-refractivity contribution in [2.24, 2.45) is 0 Å². The number of carbonyl (C=O) groups excluding carboxylic acids is 1. The van der Waals surface area contributed by atoms with Crippen LogP contribution in [0.3, 0.4) is 0 Å². The molecule has 1 aromatic carbocycles. The van der Waals surface area contributed by atoms with Gasteiger partial charge in [-0.15, -0.1) is 0 Å². The topological polar surface area (TPSA) is 44.4 Å². The van der Waals surface area contributed by atoms with Gasteiger partial charge < -0.3 is 10.6 Å². The van der Waals surface area contributed by atoms with E-state index in [0.29, 0.717) is 13.0 Å². The van der Waals surface area contributed by atoms with Crippen molar-refractivity contribution in [3.63, 3.8) is 0 Å². The van der Waals surface area contributed by atoms with Crippen LogP contribution in [-0.2, 0) is 11.3 Å². The molecular formula is C17H27N3O. The van der Waals surface area contributed by atoms with Gasteiger partial charge >= 0.3 is 0 Å². The van der Waals surface area contributed by atoms with Crippen molar-refractivity contribution in [2.45, 2.75) is 38.6 Å². The van der Waals surface area contributed by atoms with E-state index in [0.717, 1.165) is 12.2 Å². The normalized spacial score (nSPS) is 16.4. The second kappa shape index (κ2) is 8.80. The number of likely N-dealkylation sites (tertiary alicyclic amines) is 1. The average molecular weight is 289 g/mol. The highest BCUT2D eigenvalue weighted by Gasteiger charge is 2.09. The fourth-order valence-electron chi connectivity index (χ4n) is 2.71. The summed E-state index contributed by atoms with van der Waals surface area (Å²) < 4.78 is 0. The van der Waals surface area contributed by atoms with Crippen molar-refractivity contribution in [3.05, 3.63) is 29.8 Å². The van der Waals surface area contributed by atoms with Crippen molar-refractivity contribution in [1.82, 2.24) is 10.2 Å². The predicted octanol–water partition coefficient (Wildman–Crippen LogP) is 2.61. The highest BCUT2D eigenvalue weighted by Crippen LogP contribution is 2.15. The molecule has 0 aromatic heterocycles. The van der Waals surface area contributed by atoms with E-state index in [-0.39, 0.29) is 5.91 Å². The Bertz CT molecular complexity index is 422. The van der Waals surface area contributed by atoms with Gasteiger partial charge in [0.1, 0.15) is 0 Å². The molecular weight excluding hydrogens is 262 g/mol. The minimum absolute atomic E-state index is 0.0598. The second-order valence-electron chi connectivity index (χ2n) is 5.79. The minimum Gasteiger partial charge on any atom is -0.326 e. The van der Waals surface area contributed by atoms with Gasteiger partial charge in [0.2, 0.25) is 5.91 Å². The zero-order valence-electron chi connectivity index (χ0n) is 13.0. The van der Waals surface area contributed by atoms with Gasteiger partial charge in [-0.05, 0) is 50.7 Å². The molecule has 0 bridgehead atoms. The third-order valence-electron chi connectivity index (χ3n) is 3.94. The standard InChI is InChI=1S/C17H27N3O/c1-18-11-10-17(21)19-16-8-6-15(7-9-16)14-20-12-4-2-3-5-13-20/h6-9,18H,2-5,10-14H2,1H3,(H,19,21). The maximum Gasteiger partial charge on any atom is 0.225 e. The fraction of sp³-hybridized carbons (Fsp3) is 0.588. The van der Waals surface area contributed by atoms with Gasteiger partial charge in [-0.2, -0.15) is 0 Å². The van der Waals surface area contributed by atoms with E-state index >= 15 is 0 Å². The summed E-state index contributed by atoms with van der Waals surface area (Å²) in [7, 11) is 1.85. The van der Waals surface area contributed by atoms with Gasteiger partial charge in [0.05, 0.1) is 0 Å². The van der Waals surface area contributed by atoms with Crippen molar-refractivity contribution >= 4 is 11.6 Å². The van der Waals surface area contributed by atoms with Crippen molar-refractivity contribution in [2.75, 3.05) is 32.0 Å². The van der Waals surface area contributed by atoms with Crippen molar-refractivity contribution in [1.29, 1.82) is 0 Å². The molecule has 0 spiro atoms. The maximum atomic E-state index is 11.7. The SMILES string of the molecule is CNCCC(=O)Nc1ccc(CN2CCCCCC2)cc1. The quantitative estimate of drug-likeness (QED) is 0.846. The summed E-state index contributed by atoms with van der Waals surface area (Å²) in [5, 5.41) is 5.90. The summed E-state index contributed by atoms with van der Waals surface area (Å²) in [5.74, 6) is 0.0598. The van der Waals surface area contributed by atoms with Crippen LogP contribution in [0.25, 0.3) is 0 Å². The molecule has 0 atom stereocenters. The number of nitrogens with one attached hydrogen (secondary N) is 2. The Morgan fingerprint density at radius 1 is 1.10 bits per heavy atom. The van der Waals surface area contributed by atoms with Gasteiger partial charge in [-0.3, -0.25) is 9.69 Å². The van der Waals surface area contributed by atoms with Crippen LogP contribution < -0.4 is 10.6 Å². The predicted molar refractivity (Wildman–Crippen MR) is 87.4 cm³/mol. The molecule has 4 nitrogen and oxygen atoms in total. The molecule has 0 aliphatic carbocycles. The van der Waals surface area contributed by atoms with Crippen LogP contribution >= 0.6 is 0 Å². The lowest BCUT2D eigenvalue weighted by molar-refractivity contribution is -0.116. The largest absolute Gasteiger partial charge is 0.326 e. The number of hydrogen-bond donors (Lipinski definition) is 2. The van der Waals surface area contributed by atoms with E-state index in [9.17, 15) is 4.79 Å². The molecule has 2 N–H and O–H groups in total. The molecule has 2 rings (SSSR count). The van der Waals surface area contributed by atoms with Crippen LogP contribution in [0.4, 0.5) is 5.69 Å². The average Bonchev–Trinajstić information content (AvgIpc) is 2.76. The summed E-state index contributed by atoms with van der Waals surface area (Å²) in [6.07, 6.45) is 5.88. The Morgan fingerprint density at radius 3 is 2.38 bits per heavy atom. The first-order valence-corrected chi connectivity index (χ1v) is 8.03. The van der Waals surface area contributed by atoms with E-state index in [2.05, 4.69) is 27.7 Å². The van der Waals surface area contributed by atoms with Crippen LogP contribution in [0.5, 0.6) is 0 Å². The maximum absolute atomic E-state index is 11.7. The lowest BCUT2D eigenvalue weighted by atomic mass is 10.2. The van der Waals surface area contributed by atoms with Gasteiger partial charge in [0.25, 0.3) is 0 Å². The number of hydrogen-bond acceptors (Lipinski definition) is 3. The lowest BCUT2D eigenvalue weighted by Gasteiger charge is -2.19. The van der Waals surface area contributed by atoms with Crippen LogP contribution in [0.15, 0.2) is 24.3 Å². The Labute approximate surface area is 127 Å². The molecule has 1 heterocycles. The zero-order valence-corrected chi connectivity index (χ0v) is 13.0. The summed E-state index contributed by atoms with van der Waals surface area (Å²) in [6.45, 7) is 4.15. The molecule has 116 valence electrons. The first-order chi connectivity index (χ1) is 10.3. The molecule has 1 aliphatic rings. The summed E-state index contributed by atoms with van der Waals surface area (Å²) in [4.78, 5) is 14.2. The Kier molecular flexibility index (Phi) is 6.70. The van der Waals surface area contributed by atoms with E-state index in [1.54, 1.807) is 0 Å². The lowest BCUT2D eigenvalue weighted by Crippen LogP contribution is -2.24. The van der Waals surface area contributed by atoms with Crippen LogP contribution in [0.2, 0.25) is 0 Å². The summed E-state index contributed by atoms with van der Waals surface area (Å²) in [5.41, 5.74) is 2.21. The number of anilines is 1. The van der Waals surface area contributed by atoms with Gasteiger partial charge in [0, 0.05) is 25.2 Å². The van der Waals surface area contributed by atoms with Crippen LogP contribution in [0.1, 0.15) is 37.7 Å². The molecule has 0 unspecified atom stereocenters. The smallest absolute Gasteiger partial charge is 0.225 e. The first kappa shape index (κ1) is 16.0. The van der Waals surface area contributed by atoms with Gasteiger partial charge in [0.15, 0.2) is 0 Å². The van der Waals surface area contributed by atoms with Crippen LogP contribution in [-0.4, -0.2) is 37.5 Å². The Morgan fingerprint density at radius 2 is 1.76 bits per heavy atom. The number of amides is 1. The monoisotopic (exact) mass is 289 g/mol. The fourth-order valence-corrected chi connectivity index (χ4v) is 2.71. The zero-order chi connectivity index (χ0) is 14.9. The van der Waals surface area contributed by atoms with Crippen molar-refractivity contribution < 1.29 is 4.79 Å². The number of nitrogens with zero attached hydrogens (tertiary/aromatic N) is 1. The summed E-state index contributed by atoms with van der Waals surface area (Å²) >= 11 is 0. The van der Waals surface area contributed by atoms with E-state index in [1.165, 1.54) is 44.3 Å². The number of rotatable bonds is 6. The molecule has 0 saturated carbocycles. The molecule has 1 amide bonds. The van der Waals surface area contributed by atoms with Gasteiger partial charge in [-0.25, -0.2) is 0 Å². The highest BCUT2D eigenvalue weighted by molar-refractivity contribution is 5.90. The highest BCUT2D eigenvalue weighted by atomic mass is 16.1. The third-order valence-corrected chi connectivity index (χ3v) is 3.94. The van der Waals surface area contributed by atoms with E-state index in [4.69, 9.17) is 0 Å². The molecule has 1 fully saturated rings. The van der Waals surface area contributed by atoms with E-state index < -0.39 is 0 Å². The molecule has 1 aliphatic heterocycles. The number of benzene rings is 1. The first-order valence-electron chi connectivity index (χ1n) is 8.03. The third kappa shape index (κ3) is 5.86. The van der Waals surface area contributed by atoms with Crippen molar-refractivity contribution in [3.8, 4) is 0 Å². The minimum atomic E-state index is 0.0598.